The molecule has 3 heterocycles. The van der Waals surface area contributed by atoms with Gasteiger partial charge in [-0.25, -0.2) is 4.98 Å². The van der Waals surface area contributed by atoms with E-state index in [-0.39, 0.29) is 18.0 Å². The second-order valence-electron chi connectivity index (χ2n) is 6.71. The number of carbonyl (C=O) groups is 1. The molecule has 0 spiro atoms. The average Bonchev–Trinajstić information content (AvgIpc) is 2.61. The zero-order valence-electron chi connectivity index (χ0n) is 15.1. The van der Waals surface area contributed by atoms with Crippen molar-refractivity contribution in [3.63, 3.8) is 0 Å². The highest BCUT2D eigenvalue weighted by atomic mass is 35.5. The number of aromatic nitrogens is 2. The van der Waals surface area contributed by atoms with Crippen LogP contribution in [0, 0.1) is 13.8 Å². The molecule has 1 saturated heterocycles. The summed E-state index contributed by atoms with van der Waals surface area (Å²) in [4.78, 5) is 33.9. The van der Waals surface area contributed by atoms with Gasteiger partial charge in [-0.05, 0) is 56.9 Å². The van der Waals surface area contributed by atoms with Gasteiger partial charge in [0, 0.05) is 36.5 Å². The summed E-state index contributed by atoms with van der Waals surface area (Å²) in [7, 11) is 0. The number of nitrogens with one attached hydrogen (secondary N) is 2. The van der Waals surface area contributed by atoms with Crippen molar-refractivity contribution in [2.24, 2.45) is 0 Å². The van der Waals surface area contributed by atoms with Gasteiger partial charge in [-0.2, -0.15) is 0 Å². The first-order valence-corrected chi connectivity index (χ1v) is 9.22. The van der Waals surface area contributed by atoms with Gasteiger partial charge < -0.3 is 15.2 Å². The second-order valence-corrected chi connectivity index (χ2v) is 7.10. The van der Waals surface area contributed by atoms with Crippen LogP contribution in [-0.2, 0) is 6.54 Å². The van der Waals surface area contributed by atoms with Crippen molar-refractivity contribution in [3.8, 4) is 0 Å². The smallest absolute Gasteiger partial charge is 0.253 e. The molecule has 2 aromatic heterocycles. The Morgan fingerprint density at radius 1 is 1.23 bits per heavy atom. The Morgan fingerprint density at radius 2 is 1.96 bits per heavy atom. The number of pyridine rings is 2. The Hall–Kier alpha value is -2.34. The van der Waals surface area contributed by atoms with E-state index in [9.17, 15) is 9.59 Å². The van der Waals surface area contributed by atoms with E-state index in [1.807, 2.05) is 19.9 Å². The zero-order valence-corrected chi connectivity index (χ0v) is 15.8. The summed E-state index contributed by atoms with van der Waals surface area (Å²) in [6.07, 6.45) is 3.45. The van der Waals surface area contributed by atoms with Crippen LogP contribution in [0.5, 0.6) is 0 Å². The molecule has 0 unspecified atom stereocenters. The molecular weight excluding hydrogens is 352 g/mol. The molecule has 3 rings (SSSR count). The molecular formula is C19H23ClN4O2. The minimum absolute atomic E-state index is 0.166. The van der Waals surface area contributed by atoms with Crippen LogP contribution in [0.2, 0.25) is 5.15 Å². The third kappa shape index (κ3) is 4.25. The molecule has 0 saturated carbocycles. The van der Waals surface area contributed by atoms with Crippen LogP contribution >= 0.6 is 11.6 Å². The van der Waals surface area contributed by atoms with E-state index in [0.29, 0.717) is 16.3 Å². The molecule has 7 heteroatoms. The normalized spacial score (nSPS) is 14.3. The van der Waals surface area contributed by atoms with Crippen molar-refractivity contribution in [1.82, 2.24) is 15.3 Å². The number of halogens is 1. The molecule has 26 heavy (non-hydrogen) atoms. The molecule has 0 aliphatic carbocycles. The summed E-state index contributed by atoms with van der Waals surface area (Å²) in [5.41, 5.74) is 2.49. The number of hydrogen-bond acceptors (Lipinski definition) is 4. The van der Waals surface area contributed by atoms with Crippen molar-refractivity contribution in [2.75, 3.05) is 18.0 Å². The van der Waals surface area contributed by atoms with Gasteiger partial charge >= 0.3 is 0 Å². The van der Waals surface area contributed by atoms with Gasteiger partial charge in [0.1, 0.15) is 11.0 Å². The van der Waals surface area contributed by atoms with E-state index in [4.69, 9.17) is 11.6 Å². The first-order chi connectivity index (χ1) is 12.4. The summed E-state index contributed by atoms with van der Waals surface area (Å²) >= 11 is 6.13. The first kappa shape index (κ1) is 18.5. The van der Waals surface area contributed by atoms with Crippen LogP contribution in [0.15, 0.2) is 23.0 Å². The first-order valence-electron chi connectivity index (χ1n) is 8.84. The predicted molar refractivity (Wildman–Crippen MR) is 103 cm³/mol. The van der Waals surface area contributed by atoms with Crippen LogP contribution in [-0.4, -0.2) is 29.0 Å². The lowest BCUT2D eigenvalue weighted by atomic mass is 10.1. The summed E-state index contributed by atoms with van der Waals surface area (Å²) in [5.74, 6) is 0.457. The molecule has 1 amide bonds. The van der Waals surface area contributed by atoms with Crippen molar-refractivity contribution in [3.05, 3.63) is 56.1 Å². The van der Waals surface area contributed by atoms with Gasteiger partial charge in [-0.3, -0.25) is 9.59 Å². The van der Waals surface area contributed by atoms with Crippen LogP contribution < -0.4 is 15.8 Å². The number of anilines is 1. The SMILES string of the molecule is Cc1cc(C)c(CNC(=O)c2cc(Cl)nc(N3CCCCC3)c2)c(=O)[nH]1. The Labute approximate surface area is 157 Å². The highest BCUT2D eigenvalue weighted by Crippen LogP contribution is 2.22. The van der Waals surface area contributed by atoms with Gasteiger partial charge in [0.25, 0.3) is 11.5 Å². The number of piperidine rings is 1. The largest absolute Gasteiger partial charge is 0.357 e. The molecule has 1 aliphatic heterocycles. The van der Waals surface area contributed by atoms with Crippen LogP contribution in [0.4, 0.5) is 5.82 Å². The molecule has 2 N–H and O–H groups in total. The molecule has 0 bridgehead atoms. The van der Waals surface area contributed by atoms with E-state index in [2.05, 4.69) is 20.2 Å². The predicted octanol–water partition coefficient (Wildman–Crippen LogP) is 2.96. The van der Waals surface area contributed by atoms with Crippen LogP contribution in [0.1, 0.15) is 46.4 Å². The second kappa shape index (κ2) is 7.91. The number of carbonyl (C=O) groups excluding carboxylic acids is 1. The van der Waals surface area contributed by atoms with E-state index in [1.165, 1.54) is 6.42 Å². The highest BCUT2D eigenvalue weighted by Gasteiger charge is 2.16. The number of aryl methyl sites for hydroxylation is 2. The highest BCUT2D eigenvalue weighted by molar-refractivity contribution is 6.29. The lowest BCUT2D eigenvalue weighted by Gasteiger charge is -2.28. The summed E-state index contributed by atoms with van der Waals surface area (Å²) in [6.45, 7) is 5.71. The third-order valence-electron chi connectivity index (χ3n) is 4.64. The number of nitrogens with zero attached hydrogens (tertiary/aromatic N) is 2. The number of H-pyrrole nitrogens is 1. The van der Waals surface area contributed by atoms with E-state index < -0.39 is 0 Å². The fourth-order valence-corrected chi connectivity index (χ4v) is 3.48. The van der Waals surface area contributed by atoms with Crippen molar-refractivity contribution in [2.45, 2.75) is 39.7 Å². The summed E-state index contributed by atoms with van der Waals surface area (Å²) in [5, 5.41) is 3.10. The fourth-order valence-electron chi connectivity index (χ4n) is 3.27. The van der Waals surface area contributed by atoms with Gasteiger partial charge in [0.2, 0.25) is 0 Å². The molecule has 6 nitrogen and oxygen atoms in total. The number of aromatic amines is 1. The molecule has 1 aliphatic rings. The van der Waals surface area contributed by atoms with Gasteiger partial charge in [-0.1, -0.05) is 11.6 Å². The summed E-state index contributed by atoms with van der Waals surface area (Å²) in [6, 6.07) is 5.20. The minimum atomic E-state index is -0.271. The van der Waals surface area contributed by atoms with E-state index >= 15 is 0 Å². The number of amides is 1. The van der Waals surface area contributed by atoms with Gasteiger partial charge in [-0.15, -0.1) is 0 Å². The molecule has 0 atom stereocenters. The monoisotopic (exact) mass is 374 g/mol. The van der Waals surface area contributed by atoms with Crippen molar-refractivity contribution < 1.29 is 4.79 Å². The Morgan fingerprint density at radius 3 is 2.65 bits per heavy atom. The van der Waals surface area contributed by atoms with Crippen LogP contribution in [0.25, 0.3) is 0 Å². The van der Waals surface area contributed by atoms with E-state index in [1.54, 1.807) is 12.1 Å². The summed E-state index contributed by atoms with van der Waals surface area (Å²) < 4.78 is 0. The Bertz CT molecular complexity index is 872. The quantitative estimate of drug-likeness (QED) is 0.806. The maximum atomic E-state index is 12.6. The third-order valence-corrected chi connectivity index (χ3v) is 4.84. The molecule has 2 aromatic rings. The minimum Gasteiger partial charge on any atom is -0.357 e. The average molecular weight is 375 g/mol. The maximum Gasteiger partial charge on any atom is 0.253 e. The van der Waals surface area contributed by atoms with Gasteiger partial charge in [0.05, 0.1) is 0 Å². The van der Waals surface area contributed by atoms with Crippen molar-refractivity contribution >= 4 is 23.3 Å². The lowest BCUT2D eigenvalue weighted by Crippen LogP contribution is -2.31. The Kier molecular flexibility index (Phi) is 5.61. The van der Waals surface area contributed by atoms with Gasteiger partial charge in [0.15, 0.2) is 0 Å². The van der Waals surface area contributed by atoms with E-state index in [0.717, 1.165) is 43.0 Å². The van der Waals surface area contributed by atoms with Crippen molar-refractivity contribution in [1.29, 1.82) is 0 Å². The lowest BCUT2D eigenvalue weighted by molar-refractivity contribution is 0.0950. The maximum absolute atomic E-state index is 12.6. The molecule has 138 valence electrons. The topological polar surface area (TPSA) is 78.1 Å². The zero-order chi connectivity index (χ0) is 18.7. The Balaban J connectivity index is 1.76. The molecule has 0 aromatic carbocycles. The van der Waals surface area contributed by atoms with Crippen LogP contribution in [0.3, 0.4) is 0 Å². The number of hydrogen-bond donors (Lipinski definition) is 2. The molecule has 1 fully saturated rings. The number of rotatable bonds is 4. The fraction of sp³-hybridized carbons (Fsp3) is 0.421. The standard InChI is InChI=1S/C19H23ClN4O2/c1-12-8-13(2)22-19(26)15(12)11-21-18(25)14-9-16(20)23-17(10-14)24-6-4-3-5-7-24/h8-10H,3-7,11H2,1-2H3,(H,21,25)(H,22,26). The molecule has 0 radical (unpaired) electrons.